The van der Waals surface area contributed by atoms with E-state index in [0.29, 0.717) is 5.56 Å². The number of anilines is 1. The first-order valence-corrected chi connectivity index (χ1v) is 10.00. The molecule has 0 aliphatic rings. The fourth-order valence-electron chi connectivity index (χ4n) is 2.22. The van der Waals surface area contributed by atoms with Gasteiger partial charge in [-0.2, -0.15) is 0 Å². The predicted molar refractivity (Wildman–Crippen MR) is 96.3 cm³/mol. The van der Waals surface area contributed by atoms with Gasteiger partial charge in [0, 0.05) is 11.1 Å². The minimum Gasteiger partial charge on any atom is -0.296 e. The van der Waals surface area contributed by atoms with Gasteiger partial charge in [-0.15, -0.1) is 10.2 Å². The van der Waals surface area contributed by atoms with Crippen LogP contribution in [0.5, 0.6) is 0 Å². The van der Waals surface area contributed by atoms with Crippen molar-refractivity contribution in [1.29, 1.82) is 0 Å². The molecular weight excluding hydrogens is 377 g/mol. The zero-order chi connectivity index (χ0) is 18.7. The summed E-state index contributed by atoms with van der Waals surface area (Å²) in [6.45, 7) is 1.86. The number of hydrogen-bond acceptors (Lipinski definition) is 6. The topological polar surface area (TPSA) is 89.0 Å². The Kier molecular flexibility index (Phi) is 5.10. The molecule has 0 aliphatic heterocycles. The van der Waals surface area contributed by atoms with Crippen molar-refractivity contribution in [2.24, 2.45) is 0 Å². The van der Waals surface area contributed by atoms with Crippen molar-refractivity contribution < 1.29 is 17.6 Å². The summed E-state index contributed by atoms with van der Waals surface area (Å²) in [5, 5.41) is 9.90. The second kappa shape index (κ2) is 7.30. The first-order chi connectivity index (χ1) is 12.3. The number of nitrogens with one attached hydrogen (secondary N) is 1. The van der Waals surface area contributed by atoms with Gasteiger partial charge in [0.05, 0.1) is 5.75 Å². The zero-order valence-electron chi connectivity index (χ0n) is 13.6. The number of aryl methyl sites for hydroxylation is 1. The number of carbonyl (C=O) groups is 1. The maximum Gasteiger partial charge on any atom is 0.257 e. The van der Waals surface area contributed by atoms with Crippen molar-refractivity contribution in [2.45, 2.75) is 17.0 Å². The van der Waals surface area contributed by atoms with Gasteiger partial charge in [-0.25, -0.2) is 12.8 Å². The lowest BCUT2D eigenvalue weighted by molar-refractivity contribution is 0.102. The van der Waals surface area contributed by atoms with Crippen LogP contribution >= 0.6 is 11.3 Å². The lowest BCUT2D eigenvalue weighted by atomic mass is 10.1. The molecule has 3 aromatic rings. The van der Waals surface area contributed by atoms with Crippen LogP contribution in [0.3, 0.4) is 0 Å². The minimum atomic E-state index is -3.87. The summed E-state index contributed by atoms with van der Waals surface area (Å²) in [5.41, 5.74) is 1.40. The Morgan fingerprint density at radius 3 is 2.65 bits per heavy atom. The number of halogens is 1. The Morgan fingerprint density at radius 1 is 1.15 bits per heavy atom. The number of benzene rings is 2. The van der Waals surface area contributed by atoms with Crippen LogP contribution in [-0.2, 0) is 15.6 Å². The van der Waals surface area contributed by atoms with E-state index in [0.717, 1.165) is 16.9 Å². The van der Waals surface area contributed by atoms with Crippen LogP contribution in [0, 0.1) is 12.7 Å². The van der Waals surface area contributed by atoms with E-state index in [1.165, 1.54) is 18.2 Å². The van der Waals surface area contributed by atoms with Gasteiger partial charge in [-0.1, -0.05) is 47.2 Å². The molecule has 6 nitrogen and oxygen atoms in total. The Bertz CT molecular complexity index is 1060. The van der Waals surface area contributed by atoms with Crippen LogP contribution in [0.1, 0.15) is 21.5 Å². The fourth-order valence-corrected chi connectivity index (χ4v) is 4.55. The molecule has 3 rings (SSSR count). The molecule has 1 amide bonds. The second-order valence-corrected chi connectivity index (χ2v) is 8.69. The average molecular weight is 391 g/mol. The number of carbonyl (C=O) groups excluding carboxylic acids is 1. The molecule has 26 heavy (non-hydrogen) atoms. The zero-order valence-corrected chi connectivity index (χ0v) is 15.3. The molecule has 0 radical (unpaired) electrons. The van der Waals surface area contributed by atoms with Gasteiger partial charge in [0.2, 0.25) is 19.3 Å². The lowest BCUT2D eigenvalue weighted by Crippen LogP contribution is -2.11. The first kappa shape index (κ1) is 18.2. The Labute approximate surface area is 153 Å². The van der Waals surface area contributed by atoms with Crippen LogP contribution in [0.4, 0.5) is 9.52 Å². The number of rotatable bonds is 5. The van der Waals surface area contributed by atoms with Crippen molar-refractivity contribution in [3.8, 4) is 0 Å². The molecule has 134 valence electrons. The molecule has 9 heteroatoms. The molecule has 0 saturated carbocycles. The molecular formula is C17H14FN3O3S2. The van der Waals surface area contributed by atoms with Gasteiger partial charge in [0.25, 0.3) is 5.91 Å². The highest BCUT2D eigenvalue weighted by Gasteiger charge is 2.23. The third kappa shape index (κ3) is 4.12. The number of nitrogens with zero attached hydrogens (tertiary/aromatic N) is 2. The summed E-state index contributed by atoms with van der Waals surface area (Å²) in [6, 6.07) is 12.6. The molecule has 1 heterocycles. The minimum absolute atomic E-state index is 0.0491. The van der Waals surface area contributed by atoms with E-state index in [4.69, 9.17) is 0 Å². The van der Waals surface area contributed by atoms with Gasteiger partial charge >= 0.3 is 0 Å². The summed E-state index contributed by atoms with van der Waals surface area (Å²) < 4.78 is 38.2. The van der Waals surface area contributed by atoms with Crippen molar-refractivity contribution in [1.82, 2.24) is 10.2 Å². The second-order valence-electron chi connectivity index (χ2n) is 5.55. The van der Waals surface area contributed by atoms with Gasteiger partial charge < -0.3 is 0 Å². The largest absolute Gasteiger partial charge is 0.296 e. The highest BCUT2D eigenvalue weighted by Crippen LogP contribution is 2.24. The summed E-state index contributed by atoms with van der Waals surface area (Å²) >= 11 is 0.728. The van der Waals surface area contributed by atoms with E-state index < -0.39 is 27.3 Å². The van der Waals surface area contributed by atoms with Gasteiger partial charge in [0.1, 0.15) is 5.82 Å². The highest BCUT2D eigenvalue weighted by molar-refractivity contribution is 7.92. The van der Waals surface area contributed by atoms with E-state index in [1.54, 1.807) is 24.3 Å². The number of amides is 1. The van der Waals surface area contributed by atoms with Crippen molar-refractivity contribution in [2.75, 3.05) is 5.32 Å². The first-order valence-electron chi connectivity index (χ1n) is 7.53. The Balaban J connectivity index is 1.77. The number of aromatic nitrogens is 2. The van der Waals surface area contributed by atoms with Crippen LogP contribution in [0.2, 0.25) is 0 Å². The van der Waals surface area contributed by atoms with Crippen LogP contribution in [0.25, 0.3) is 0 Å². The molecule has 0 saturated heterocycles. The SMILES string of the molecule is Cc1cccc(C(=O)Nc2nnc(S(=O)(=O)Cc3ccccc3F)s2)c1. The van der Waals surface area contributed by atoms with E-state index in [-0.39, 0.29) is 15.0 Å². The molecule has 0 unspecified atom stereocenters. The van der Waals surface area contributed by atoms with E-state index in [1.807, 2.05) is 13.0 Å². The molecule has 0 bridgehead atoms. The molecule has 0 atom stereocenters. The monoisotopic (exact) mass is 391 g/mol. The van der Waals surface area contributed by atoms with Crippen LogP contribution in [0.15, 0.2) is 52.9 Å². The molecule has 1 N–H and O–H groups in total. The number of sulfone groups is 1. The summed E-state index contributed by atoms with van der Waals surface area (Å²) in [6.07, 6.45) is 0. The molecule has 2 aromatic carbocycles. The smallest absolute Gasteiger partial charge is 0.257 e. The standard InChI is InChI=1S/C17H14FN3O3S2/c1-11-5-4-7-12(9-11)15(22)19-16-20-21-17(25-16)26(23,24)10-13-6-2-3-8-14(13)18/h2-9H,10H2,1H3,(H,19,20,22). The van der Waals surface area contributed by atoms with Crippen molar-refractivity contribution >= 4 is 32.2 Å². The molecule has 1 aromatic heterocycles. The summed E-state index contributed by atoms with van der Waals surface area (Å²) in [4.78, 5) is 12.2. The van der Waals surface area contributed by atoms with E-state index in [9.17, 15) is 17.6 Å². The van der Waals surface area contributed by atoms with Gasteiger partial charge in [0.15, 0.2) is 0 Å². The van der Waals surface area contributed by atoms with Crippen LogP contribution in [-0.4, -0.2) is 24.5 Å². The maximum atomic E-state index is 13.7. The third-order valence-corrected chi connectivity index (χ3v) is 6.43. The fraction of sp³-hybridized carbons (Fsp3) is 0.118. The van der Waals surface area contributed by atoms with Gasteiger partial charge in [-0.3, -0.25) is 10.1 Å². The number of hydrogen-bond donors (Lipinski definition) is 1. The Morgan fingerprint density at radius 2 is 1.92 bits per heavy atom. The van der Waals surface area contributed by atoms with Crippen molar-refractivity contribution in [3.63, 3.8) is 0 Å². The molecule has 0 spiro atoms. The Hall–Kier alpha value is -2.65. The quantitative estimate of drug-likeness (QED) is 0.675. The molecule has 0 fully saturated rings. The predicted octanol–water partition coefficient (Wildman–Crippen LogP) is 3.21. The normalized spacial score (nSPS) is 11.3. The lowest BCUT2D eigenvalue weighted by Gasteiger charge is -2.02. The van der Waals surface area contributed by atoms with Crippen molar-refractivity contribution in [3.05, 3.63) is 71.0 Å². The van der Waals surface area contributed by atoms with E-state index >= 15 is 0 Å². The summed E-state index contributed by atoms with van der Waals surface area (Å²) in [7, 11) is -3.87. The summed E-state index contributed by atoms with van der Waals surface area (Å²) in [5.74, 6) is -1.54. The molecule has 0 aliphatic carbocycles. The van der Waals surface area contributed by atoms with E-state index in [2.05, 4.69) is 15.5 Å². The third-order valence-electron chi connectivity index (χ3n) is 3.48. The highest BCUT2D eigenvalue weighted by atomic mass is 32.2. The van der Waals surface area contributed by atoms with Crippen LogP contribution < -0.4 is 5.32 Å². The maximum absolute atomic E-state index is 13.7. The average Bonchev–Trinajstić information content (AvgIpc) is 3.06. The van der Waals surface area contributed by atoms with Gasteiger partial charge in [-0.05, 0) is 25.1 Å².